The fourth-order valence-corrected chi connectivity index (χ4v) is 4.60. The van der Waals surface area contributed by atoms with Gasteiger partial charge in [-0.1, -0.05) is 0 Å². The van der Waals surface area contributed by atoms with Crippen LogP contribution in [0.25, 0.3) is 32.9 Å². The number of hydrogen-bond acceptors (Lipinski definition) is 7. The van der Waals surface area contributed by atoms with Crippen LogP contribution >= 0.6 is 0 Å². The van der Waals surface area contributed by atoms with Crippen molar-refractivity contribution in [1.29, 1.82) is 0 Å². The van der Waals surface area contributed by atoms with Crippen LogP contribution in [0, 0.1) is 5.82 Å². The second kappa shape index (κ2) is 7.93. The normalized spacial score (nSPS) is 15.1. The van der Waals surface area contributed by atoms with Crippen molar-refractivity contribution < 1.29 is 8.81 Å². The van der Waals surface area contributed by atoms with Gasteiger partial charge in [-0.25, -0.2) is 19.2 Å². The van der Waals surface area contributed by atoms with E-state index in [1.54, 1.807) is 18.6 Å². The van der Waals surface area contributed by atoms with Gasteiger partial charge in [-0.3, -0.25) is 4.98 Å². The van der Waals surface area contributed by atoms with Crippen molar-refractivity contribution >= 4 is 38.7 Å². The van der Waals surface area contributed by atoms with Crippen LogP contribution in [-0.2, 0) is 6.54 Å². The molecule has 166 valence electrons. The van der Waals surface area contributed by atoms with Gasteiger partial charge < -0.3 is 19.6 Å². The third kappa shape index (κ3) is 3.60. The molecule has 1 fully saturated rings. The topological polar surface area (TPSA) is 99.9 Å². The molecule has 9 heteroatoms. The van der Waals surface area contributed by atoms with Gasteiger partial charge in [0.1, 0.15) is 22.4 Å². The maximum Gasteiger partial charge on any atom is 0.360 e. The average Bonchev–Trinajstić information content (AvgIpc) is 3.29. The van der Waals surface area contributed by atoms with E-state index in [-0.39, 0.29) is 5.82 Å². The van der Waals surface area contributed by atoms with Gasteiger partial charge in [0.05, 0.1) is 5.52 Å². The Morgan fingerprint density at radius 3 is 2.79 bits per heavy atom. The lowest BCUT2D eigenvalue weighted by atomic mass is 10.0. The molecular weight excluding hydrogens is 423 g/mol. The predicted octanol–water partition coefficient (Wildman–Crippen LogP) is 3.51. The number of aromatic nitrogens is 4. The fourth-order valence-electron chi connectivity index (χ4n) is 4.60. The van der Waals surface area contributed by atoms with Crippen molar-refractivity contribution in [3.63, 3.8) is 0 Å². The fraction of sp³-hybridized carbons (Fsp3) is 0.250. The molecule has 1 saturated heterocycles. The first-order chi connectivity index (χ1) is 16.2. The van der Waals surface area contributed by atoms with E-state index < -0.39 is 5.63 Å². The Hall–Kier alpha value is -3.85. The van der Waals surface area contributed by atoms with Crippen molar-refractivity contribution in [3.05, 3.63) is 70.9 Å². The zero-order valence-electron chi connectivity index (χ0n) is 17.7. The van der Waals surface area contributed by atoms with E-state index in [0.29, 0.717) is 34.5 Å². The van der Waals surface area contributed by atoms with Gasteiger partial charge in [0, 0.05) is 60.7 Å². The summed E-state index contributed by atoms with van der Waals surface area (Å²) in [7, 11) is 0. The monoisotopic (exact) mass is 444 g/mol. The van der Waals surface area contributed by atoms with Crippen LogP contribution in [0.3, 0.4) is 0 Å². The van der Waals surface area contributed by atoms with Gasteiger partial charge in [0.15, 0.2) is 5.82 Å². The van der Waals surface area contributed by atoms with Crippen molar-refractivity contribution in [2.24, 2.45) is 0 Å². The molecule has 4 aromatic heterocycles. The van der Waals surface area contributed by atoms with E-state index in [1.165, 1.54) is 18.2 Å². The quantitative estimate of drug-likeness (QED) is 0.409. The first-order valence-corrected chi connectivity index (χ1v) is 10.9. The van der Waals surface area contributed by atoms with Crippen LogP contribution in [0.15, 0.2) is 58.1 Å². The Morgan fingerprint density at radius 2 is 1.91 bits per heavy atom. The maximum absolute atomic E-state index is 13.7. The Balaban J connectivity index is 1.16. The zero-order chi connectivity index (χ0) is 22.4. The van der Waals surface area contributed by atoms with Crippen molar-refractivity contribution in [1.82, 2.24) is 25.3 Å². The summed E-state index contributed by atoms with van der Waals surface area (Å²) in [5.41, 5.74) is 2.83. The van der Waals surface area contributed by atoms with Crippen LogP contribution in [0.5, 0.6) is 0 Å². The highest BCUT2D eigenvalue weighted by Gasteiger charge is 2.22. The summed E-state index contributed by atoms with van der Waals surface area (Å²) >= 11 is 0. The van der Waals surface area contributed by atoms with Crippen LogP contribution in [0.2, 0.25) is 0 Å². The molecule has 1 aliphatic heterocycles. The molecule has 2 N–H and O–H groups in total. The van der Waals surface area contributed by atoms with E-state index in [4.69, 9.17) is 4.42 Å². The number of H-pyrrole nitrogens is 1. The lowest BCUT2D eigenvalue weighted by Crippen LogP contribution is -2.42. The van der Waals surface area contributed by atoms with E-state index >= 15 is 0 Å². The molecule has 0 saturated carbocycles. The number of nitrogens with one attached hydrogen (secondary N) is 2. The number of nitrogens with zero attached hydrogens (tertiary/aromatic N) is 4. The Morgan fingerprint density at radius 1 is 1.06 bits per heavy atom. The molecule has 0 spiro atoms. The zero-order valence-corrected chi connectivity index (χ0v) is 17.7. The molecule has 0 unspecified atom stereocenters. The van der Waals surface area contributed by atoms with E-state index in [2.05, 4.69) is 30.2 Å². The molecular formula is C24H21FN6O2. The number of hydrogen-bond donors (Lipinski definition) is 2. The summed E-state index contributed by atoms with van der Waals surface area (Å²) in [6, 6.07) is 8.28. The standard InChI is InChI=1S/C24H21FN6O2/c25-14-1-2-20-17(11-14)18-12-16(30-21(18)24(32)33-20)13-29-15-4-9-31(10-5-15)23-22-19(3-6-28-23)26-7-8-27-22/h1-3,6-8,11-12,15,29-30H,4-5,9-10,13H2. The van der Waals surface area contributed by atoms with E-state index in [9.17, 15) is 9.18 Å². The van der Waals surface area contributed by atoms with Gasteiger partial charge in [-0.15, -0.1) is 0 Å². The summed E-state index contributed by atoms with van der Waals surface area (Å²) < 4.78 is 19.1. The minimum Gasteiger partial charge on any atom is -0.421 e. The van der Waals surface area contributed by atoms with Gasteiger partial charge in [0.2, 0.25) is 0 Å². The third-order valence-corrected chi connectivity index (χ3v) is 6.26. The van der Waals surface area contributed by atoms with Gasteiger partial charge in [-0.2, -0.15) is 0 Å². The number of piperidine rings is 1. The first-order valence-electron chi connectivity index (χ1n) is 10.9. The second-order valence-electron chi connectivity index (χ2n) is 8.31. The highest BCUT2D eigenvalue weighted by molar-refractivity contribution is 6.03. The smallest absolute Gasteiger partial charge is 0.360 e. The van der Waals surface area contributed by atoms with Crippen LogP contribution in [-0.4, -0.2) is 39.1 Å². The largest absolute Gasteiger partial charge is 0.421 e. The number of aromatic amines is 1. The molecule has 0 aliphatic carbocycles. The number of halogens is 1. The average molecular weight is 444 g/mol. The summed E-state index contributed by atoms with van der Waals surface area (Å²) in [6.45, 7) is 2.30. The minimum atomic E-state index is -0.450. The van der Waals surface area contributed by atoms with E-state index in [0.717, 1.165) is 48.5 Å². The van der Waals surface area contributed by atoms with Gasteiger partial charge in [-0.05, 0) is 43.2 Å². The number of pyridine rings is 1. The van der Waals surface area contributed by atoms with Crippen LogP contribution in [0.1, 0.15) is 18.5 Å². The number of benzene rings is 1. The second-order valence-corrected chi connectivity index (χ2v) is 8.31. The maximum atomic E-state index is 13.7. The third-order valence-electron chi connectivity index (χ3n) is 6.26. The molecule has 5 aromatic rings. The highest BCUT2D eigenvalue weighted by Crippen LogP contribution is 2.26. The van der Waals surface area contributed by atoms with Crippen molar-refractivity contribution in [2.75, 3.05) is 18.0 Å². The molecule has 0 atom stereocenters. The molecule has 0 radical (unpaired) electrons. The number of fused-ring (bicyclic) bond motifs is 4. The molecule has 1 aliphatic rings. The number of rotatable bonds is 4. The van der Waals surface area contributed by atoms with Crippen molar-refractivity contribution in [3.8, 4) is 0 Å². The Labute approximate surface area is 187 Å². The number of anilines is 1. The molecule has 5 heterocycles. The summed E-state index contributed by atoms with van der Waals surface area (Å²) in [5, 5.41) is 4.84. The molecule has 0 amide bonds. The molecule has 0 bridgehead atoms. The molecule has 6 rings (SSSR count). The summed E-state index contributed by atoms with van der Waals surface area (Å²) in [5.74, 6) is 0.512. The van der Waals surface area contributed by atoms with Gasteiger partial charge >= 0.3 is 5.63 Å². The van der Waals surface area contributed by atoms with Crippen LogP contribution < -0.4 is 15.8 Å². The highest BCUT2D eigenvalue weighted by atomic mass is 19.1. The lowest BCUT2D eigenvalue weighted by Gasteiger charge is -2.33. The van der Waals surface area contributed by atoms with Crippen LogP contribution in [0.4, 0.5) is 10.2 Å². The Kier molecular flexibility index (Phi) is 4.76. The van der Waals surface area contributed by atoms with E-state index in [1.807, 2.05) is 12.1 Å². The predicted molar refractivity (Wildman–Crippen MR) is 124 cm³/mol. The minimum absolute atomic E-state index is 0.333. The van der Waals surface area contributed by atoms with Gasteiger partial charge in [0.25, 0.3) is 0 Å². The summed E-state index contributed by atoms with van der Waals surface area (Å²) in [6.07, 6.45) is 7.07. The van der Waals surface area contributed by atoms with Crippen molar-refractivity contribution in [2.45, 2.75) is 25.4 Å². The summed E-state index contributed by atoms with van der Waals surface area (Å²) in [4.78, 5) is 31.1. The molecule has 1 aromatic carbocycles. The lowest BCUT2D eigenvalue weighted by molar-refractivity contribution is 0.411. The SMILES string of the molecule is O=c1oc2ccc(F)cc2c2cc(CNC3CCN(c4nccc5nccnc45)CC3)[nH]c12. The Bertz CT molecular complexity index is 1530. The molecule has 8 nitrogen and oxygen atoms in total. The molecule has 33 heavy (non-hydrogen) atoms. The first kappa shape index (κ1) is 19.8.